The summed E-state index contributed by atoms with van der Waals surface area (Å²) < 4.78 is 25.6. The third-order valence-corrected chi connectivity index (χ3v) is 7.45. The molecule has 0 saturated carbocycles. The highest BCUT2D eigenvalue weighted by Gasteiger charge is 2.41. The zero-order valence-corrected chi connectivity index (χ0v) is 21.8. The summed E-state index contributed by atoms with van der Waals surface area (Å²) in [4.78, 5) is 30.9. The highest BCUT2D eigenvalue weighted by Crippen LogP contribution is 2.33. The minimum Gasteiger partial charge on any atom is -0.496 e. The van der Waals surface area contributed by atoms with E-state index in [9.17, 15) is 14.0 Å². The number of carbonyl (C=O) groups is 2. The number of methoxy groups -OCH3 is 1. The number of benzene rings is 1. The van der Waals surface area contributed by atoms with E-state index < -0.39 is 29.9 Å². The van der Waals surface area contributed by atoms with Gasteiger partial charge in [0.05, 0.1) is 24.3 Å². The number of aromatic nitrogens is 1. The smallest absolute Gasteiger partial charge is 0.255 e. The van der Waals surface area contributed by atoms with Crippen LogP contribution in [0.4, 0.5) is 4.39 Å². The fraction of sp³-hybridized carbons (Fsp3) is 0.536. The van der Waals surface area contributed by atoms with Gasteiger partial charge in [0.1, 0.15) is 12.4 Å². The van der Waals surface area contributed by atoms with Crippen molar-refractivity contribution in [2.75, 3.05) is 26.8 Å². The molecule has 2 aliphatic rings. The molecule has 9 heteroatoms. The summed E-state index contributed by atoms with van der Waals surface area (Å²) >= 11 is 0. The predicted octanol–water partition coefficient (Wildman–Crippen LogP) is 3.30. The van der Waals surface area contributed by atoms with E-state index in [1.54, 1.807) is 18.3 Å². The number of likely N-dealkylation sites (tertiary alicyclic amines) is 1. The summed E-state index contributed by atoms with van der Waals surface area (Å²) in [7, 11) is 1.45. The van der Waals surface area contributed by atoms with E-state index in [-0.39, 0.29) is 25.4 Å². The van der Waals surface area contributed by atoms with Gasteiger partial charge < -0.3 is 25.4 Å². The fourth-order valence-electron chi connectivity index (χ4n) is 5.15. The van der Waals surface area contributed by atoms with Crippen LogP contribution in [0.5, 0.6) is 11.6 Å². The van der Waals surface area contributed by atoms with Crippen LogP contribution in [0.25, 0.3) is 10.8 Å². The van der Waals surface area contributed by atoms with Crippen molar-refractivity contribution >= 4 is 22.6 Å². The lowest BCUT2D eigenvalue weighted by atomic mass is 9.95. The quantitative estimate of drug-likeness (QED) is 0.552. The van der Waals surface area contributed by atoms with E-state index >= 15 is 0 Å². The number of nitrogens with zero attached hydrogens (tertiary/aromatic N) is 2. The number of hydrogen-bond acceptors (Lipinski definition) is 6. The van der Waals surface area contributed by atoms with Crippen LogP contribution in [-0.4, -0.2) is 66.8 Å². The van der Waals surface area contributed by atoms with Crippen LogP contribution in [0.15, 0.2) is 18.3 Å². The Morgan fingerprint density at radius 1 is 1.32 bits per heavy atom. The molecule has 0 aliphatic carbocycles. The van der Waals surface area contributed by atoms with Crippen LogP contribution < -0.4 is 20.5 Å². The second-order valence-electron chi connectivity index (χ2n) is 10.0. The molecular weight excluding hydrogens is 475 g/mol. The Bertz CT molecular complexity index is 1240. The van der Waals surface area contributed by atoms with Gasteiger partial charge in [-0.05, 0) is 58.3 Å². The lowest BCUT2D eigenvalue weighted by Crippen LogP contribution is -2.38. The van der Waals surface area contributed by atoms with Crippen LogP contribution in [0.3, 0.4) is 0 Å². The number of primary amides is 1. The van der Waals surface area contributed by atoms with Crippen LogP contribution in [0.1, 0.15) is 57.4 Å². The molecule has 3 atom stereocenters. The lowest BCUT2D eigenvalue weighted by Gasteiger charge is -2.32. The monoisotopic (exact) mass is 512 g/mol. The second kappa shape index (κ2) is 11.3. The minimum absolute atomic E-state index is 0. The summed E-state index contributed by atoms with van der Waals surface area (Å²) in [6.45, 7) is 8.35. The molecule has 2 aromatic rings. The van der Waals surface area contributed by atoms with Crippen molar-refractivity contribution in [1.29, 1.82) is 0 Å². The molecule has 37 heavy (non-hydrogen) atoms. The first-order chi connectivity index (χ1) is 17.7. The number of hydrogen-bond donors (Lipinski definition) is 2. The average Bonchev–Trinajstić information content (AvgIpc) is 3.17. The summed E-state index contributed by atoms with van der Waals surface area (Å²) in [6.07, 6.45) is 2.57. The van der Waals surface area contributed by atoms with E-state index in [0.717, 1.165) is 25.9 Å². The number of halogens is 1. The molecular formula is C28H37FN4O4. The van der Waals surface area contributed by atoms with Crippen LogP contribution in [0.2, 0.25) is 0 Å². The first-order valence-corrected chi connectivity index (χ1v) is 12.9. The van der Waals surface area contributed by atoms with Crippen molar-refractivity contribution in [3.63, 3.8) is 0 Å². The molecule has 1 aromatic heterocycles. The number of amides is 2. The number of piperidine rings is 1. The second-order valence-corrected chi connectivity index (χ2v) is 10.0. The van der Waals surface area contributed by atoms with Crippen molar-refractivity contribution in [3.8, 4) is 23.5 Å². The molecule has 0 radical (unpaired) electrons. The molecule has 1 aromatic carbocycles. The van der Waals surface area contributed by atoms with Crippen LogP contribution >= 0.6 is 0 Å². The Labute approximate surface area is 218 Å². The molecule has 0 bridgehead atoms. The molecule has 0 spiro atoms. The Morgan fingerprint density at radius 3 is 2.68 bits per heavy atom. The molecule has 4 rings (SSSR count). The number of nitrogens with one attached hydrogen (secondary N) is 1. The maximum Gasteiger partial charge on any atom is 0.255 e. The summed E-state index contributed by atoms with van der Waals surface area (Å²) in [5, 5.41) is 3.93. The van der Waals surface area contributed by atoms with Gasteiger partial charge in [-0.25, -0.2) is 9.37 Å². The molecule has 200 valence electrons. The van der Waals surface area contributed by atoms with Gasteiger partial charge >= 0.3 is 0 Å². The predicted molar refractivity (Wildman–Crippen MR) is 141 cm³/mol. The van der Waals surface area contributed by atoms with Gasteiger partial charge in [0.15, 0.2) is 6.17 Å². The van der Waals surface area contributed by atoms with Gasteiger partial charge in [0, 0.05) is 36.3 Å². The third-order valence-electron chi connectivity index (χ3n) is 7.45. The van der Waals surface area contributed by atoms with E-state index in [1.165, 1.54) is 7.11 Å². The normalized spacial score (nSPS) is 22.5. The van der Waals surface area contributed by atoms with Gasteiger partial charge in [-0.3, -0.25) is 9.59 Å². The Morgan fingerprint density at radius 2 is 2.05 bits per heavy atom. The molecule has 2 aliphatic heterocycles. The summed E-state index contributed by atoms with van der Waals surface area (Å²) in [6, 6.07) is 3.37. The number of ether oxygens (including phenoxy) is 2. The van der Waals surface area contributed by atoms with Gasteiger partial charge in [0.25, 0.3) is 11.8 Å². The molecule has 2 saturated heterocycles. The summed E-state index contributed by atoms with van der Waals surface area (Å²) in [5.41, 5.74) is 6.50. The first-order valence-electron chi connectivity index (χ1n) is 12.9. The van der Waals surface area contributed by atoms with Gasteiger partial charge in [-0.1, -0.05) is 18.8 Å². The number of nitrogens with two attached hydrogens (primary N) is 1. The molecule has 8 nitrogen and oxygen atoms in total. The summed E-state index contributed by atoms with van der Waals surface area (Å²) in [5.74, 6) is 5.81. The Hall–Kier alpha value is -3.38. The zero-order chi connectivity index (χ0) is 26.7. The first kappa shape index (κ1) is 26.7. The standard InChI is InChI=1S/C28H35FN4O4.H2/c1-5-19-23(32-27(35)25(19)29)15-37-28-21-13-24(36-4)22(26(30)34)12-20(21)18(14-31-28)7-6-17-8-10-33(11-9-17)16(2)3;/h12-14,16-17,19,23,25H,5,8-11,15H2,1-4H3,(H2,30,34)(H,32,35);1H/t19-,23+,25-;/m0./s1. The lowest BCUT2D eigenvalue weighted by molar-refractivity contribution is -0.123. The van der Waals surface area contributed by atoms with E-state index in [4.69, 9.17) is 15.2 Å². The van der Waals surface area contributed by atoms with Crippen molar-refractivity contribution in [2.45, 2.75) is 58.3 Å². The largest absolute Gasteiger partial charge is 0.496 e. The average molecular weight is 513 g/mol. The maximum atomic E-state index is 14.2. The van der Waals surface area contributed by atoms with Crippen molar-refractivity contribution in [2.24, 2.45) is 17.6 Å². The van der Waals surface area contributed by atoms with Gasteiger partial charge in [0.2, 0.25) is 5.88 Å². The zero-order valence-electron chi connectivity index (χ0n) is 21.8. The topological polar surface area (TPSA) is 107 Å². The third kappa shape index (κ3) is 5.64. The molecule has 3 N–H and O–H groups in total. The van der Waals surface area contributed by atoms with Crippen molar-refractivity contribution in [1.82, 2.24) is 15.2 Å². The van der Waals surface area contributed by atoms with Crippen molar-refractivity contribution < 1.29 is 24.9 Å². The van der Waals surface area contributed by atoms with E-state index in [0.29, 0.717) is 34.5 Å². The highest BCUT2D eigenvalue weighted by atomic mass is 19.1. The number of carbonyl (C=O) groups excluding carboxylic acids is 2. The van der Waals surface area contributed by atoms with Crippen LogP contribution in [0, 0.1) is 23.7 Å². The number of pyridine rings is 1. The highest BCUT2D eigenvalue weighted by molar-refractivity contribution is 6.03. The van der Waals surface area contributed by atoms with Crippen molar-refractivity contribution in [3.05, 3.63) is 29.5 Å². The van der Waals surface area contributed by atoms with E-state index in [2.05, 4.69) is 40.9 Å². The maximum absolute atomic E-state index is 14.2. The number of alkyl halides is 1. The molecule has 2 amide bonds. The van der Waals surface area contributed by atoms with E-state index in [1.807, 2.05) is 6.92 Å². The Balaban J connectivity index is 0.00000400. The van der Waals surface area contributed by atoms with Crippen LogP contribution in [-0.2, 0) is 4.79 Å². The SMILES string of the molecule is CC[C@@H]1[C@H](F)C(=O)N[C@@H]1COc1ncc(C#CC2CCN(C(C)C)CC2)c2cc(C(N)=O)c(OC)cc12.[HH]. The minimum atomic E-state index is -1.55. The Kier molecular flexibility index (Phi) is 8.18. The molecule has 3 heterocycles. The number of fused-ring (bicyclic) bond motifs is 1. The fourth-order valence-corrected chi connectivity index (χ4v) is 5.15. The number of rotatable bonds is 7. The molecule has 2 fully saturated rings. The van der Waals surface area contributed by atoms with Gasteiger partial charge in [-0.15, -0.1) is 0 Å². The molecule has 0 unspecified atom stereocenters. The van der Waals surface area contributed by atoms with Gasteiger partial charge in [-0.2, -0.15) is 0 Å².